The molecule has 0 aliphatic heterocycles. The lowest BCUT2D eigenvalue weighted by Crippen LogP contribution is -1.99. The summed E-state index contributed by atoms with van der Waals surface area (Å²) >= 11 is 0. The van der Waals surface area contributed by atoms with Crippen molar-refractivity contribution in [3.05, 3.63) is 40.1 Å². The average Bonchev–Trinajstić information content (AvgIpc) is 2.88. The van der Waals surface area contributed by atoms with Gasteiger partial charge in [-0.25, -0.2) is 4.79 Å². The van der Waals surface area contributed by atoms with Gasteiger partial charge in [-0.05, 0) is 24.6 Å². The zero-order valence-corrected chi connectivity index (χ0v) is 10.7. The molecule has 2 aromatic heterocycles. The van der Waals surface area contributed by atoms with Crippen LogP contribution in [0.3, 0.4) is 0 Å². The van der Waals surface area contributed by atoms with Crippen LogP contribution in [-0.4, -0.2) is 14.8 Å². The molecule has 19 heavy (non-hydrogen) atoms. The van der Waals surface area contributed by atoms with E-state index in [1.807, 2.05) is 32.2 Å². The molecule has 6 nitrogen and oxygen atoms in total. The van der Waals surface area contributed by atoms with Crippen LogP contribution in [0.25, 0.3) is 22.2 Å². The van der Waals surface area contributed by atoms with E-state index in [2.05, 4.69) is 10.1 Å². The van der Waals surface area contributed by atoms with Gasteiger partial charge in [-0.15, -0.1) is 0 Å². The van der Waals surface area contributed by atoms with Gasteiger partial charge in [-0.3, -0.25) is 9.67 Å². The van der Waals surface area contributed by atoms with Gasteiger partial charge in [-0.2, -0.15) is 5.10 Å². The Kier molecular flexibility index (Phi) is 2.53. The summed E-state index contributed by atoms with van der Waals surface area (Å²) in [4.78, 5) is 13.8. The van der Waals surface area contributed by atoms with Crippen molar-refractivity contribution in [3.8, 4) is 11.1 Å². The van der Waals surface area contributed by atoms with Gasteiger partial charge in [0.25, 0.3) is 0 Å². The van der Waals surface area contributed by atoms with Gasteiger partial charge in [0.15, 0.2) is 5.58 Å². The van der Waals surface area contributed by atoms with Gasteiger partial charge in [0.2, 0.25) is 0 Å². The van der Waals surface area contributed by atoms with Gasteiger partial charge >= 0.3 is 5.76 Å². The molecule has 1 aromatic carbocycles. The van der Waals surface area contributed by atoms with Gasteiger partial charge in [0.1, 0.15) is 0 Å². The molecule has 0 radical (unpaired) electrons. The third-order valence-corrected chi connectivity index (χ3v) is 3.31. The van der Waals surface area contributed by atoms with Crippen molar-refractivity contribution in [3.63, 3.8) is 0 Å². The number of aromatic amines is 1. The van der Waals surface area contributed by atoms with Crippen LogP contribution in [0.2, 0.25) is 0 Å². The SMILES string of the molecule is Cc1c(-c2ccc3[nH]c(=O)oc3c2)c(CN)nn1C. The lowest BCUT2D eigenvalue weighted by molar-refractivity contribution is 0.555. The van der Waals surface area contributed by atoms with Crippen LogP contribution in [0, 0.1) is 6.92 Å². The van der Waals surface area contributed by atoms with E-state index in [9.17, 15) is 4.79 Å². The van der Waals surface area contributed by atoms with Crippen molar-refractivity contribution in [2.75, 3.05) is 0 Å². The molecule has 0 amide bonds. The van der Waals surface area contributed by atoms with Gasteiger partial charge < -0.3 is 10.2 Å². The van der Waals surface area contributed by atoms with Crippen LogP contribution in [-0.2, 0) is 13.6 Å². The number of benzene rings is 1. The van der Waals surface area contributed by atoms with E-state index in [4.69, 9.17) is 10.2 Å². The number of aryl methyl sites for hydroxylation is 1. The summed E-state index contributed by atoms with van der Waals surface area (Å²) in [7, 11) is 1.88. The number of aromatic nitrogens is 3. The second kappa shape index (κ2) is 4.10. The minimum atomic E-state index is -0.450. The van der Waals surface area contributed by atoms with Gasteiger partial charge in [0, 0.05) is 24.8 Å². The second-order valence-electron chi connectivity index (χ2n) is 4.46. The summed E-state index contributed by atoms with van der Waals surface area (Å²) < 4.78 is 6.88. The maximum Gasteiger partial charge on any atom is 0.417 e. The quantitative estimate of drug-likeness (QED) is 0.724. The molecule has 0 bridgehead atoms. The molecule has 0 fully saturated rings. The number of nitrogens with two attached hydrogens (primary N) is 1. The molecule has 98 valence electrons. The maximum absolute atomic E-state index is 11.2. The van der Waals surface area contributed by atoms with E-state index in [-0.39, 0.29) is 0 Å². The molecule has 0 atom stereocenters. The highest BCUT2D eigenvalue weighted by atomic mass is 16.4. The summed E-state index contributed by atoms with van der Waals surface area (Å²) in [5.74, 6) is -0.450. The minimum absolute atomic E-state index is 0.367. The van der Waals surface area contributed by atoms with Gasteiger partial charge in [-0.1, -0.05) is 6.07 Å². The van der Waals surface area contributed by atoms with E-state index in [0.29, 0.717) is 17.6 Å². The second-order valence-corrected chi connectivity index (χ2v) is 4.46. The number of nitrogens with zero attached hydrogens (tertiary/aromatic N) is 2. The summed E-state index contributed by atoms with van der Waals surface area (Å²) in [6.45, 7) is 2.35. The van der Waals surface area contributed by atoms with Crippen molar-refractivity contribution in [1.82, 2.24) is 14.8 Å². The van der Waals surface area contributed by atoms with E-state index >= 15 is 0 Å². The average molecular weight is 258 g/mol. The largest absolute Gasteiger partial charge is 0.417 e. The van der Waals surface area contributed by atoms with Crippen molar-refractivity contribution in [2.45, 2.75) is 13.5 Å². The van der Waals surface area contributed by atoms with Crippen LogP contribution in [0.1, 0.15) is 11.4 Å². The number of hydrogen-bond acceptors (Lipinski definition) is 4. The Hall–Kier alpha value is -2.34. The fraction of sp³-hybridized carbons (Fsp3) is 0.231. The maximum atomic E-state index is 11.2. The first-order valence-electron chi connectivity index (χ1n) is 5.96. The number of oxazole rings is 1. The Bertz CT molecular complexity index is 810. The van der Waals surface area contributed by atoms with Crippen LogP contribution in [0.15, 0.2) is 27.4 Å². The van der Waals surface area contributed by atoms with E-state index in [1.54, 1.807) is 4.68 Å². The van der Waals surface area contributed by atoms with E-state index < -0.39 is 5.76 Å². The summed E-state index contributed by atoms with van der Waals surface area (Å²) in [5, 5.41) is 4.38. The zero-order valence-electron chi connectivity index (χ0n) is 10.7. The molecule has 3 N–H and O–H groups in total. The molecule has 0 spiro atoms. The molecule has 0 saturated heterocycles. The highest BCUT2D eigenvalue weighted by Crippen LogP contribution is 2.28. The summed E-state index contributed by atoms with van der Waals surface area (Å²) in [6.07, 6.45) is 0. The van der Waals surface area contributed by atoms with Crippen molar-refractivity contribution in [2.24, 2.45) is 12.8 Å². The standard InChI is InChI=1S/C13H14N4O2/c1-7-12(10(6-14)16-17(7)2)8-3-4-9-11(5-8)19-13(18)15-9/h3-5H,6,14H2,1-2H3,(H,15,18). The number of nitrogens with one attached hydrogen (secondary N) is 1. The summed E-state index contributed by atoms with van der Waals surface area (Å²) in [5.41, 5.74) is 10.8. The predicted octanol–water partition coefficient (Wildman–Crippen LogP) is 1.29. The first kappa shape index (κ1) is 11.7. The molecule has 0 unspecified atom stereocenters. The van der Waals surface area contributed by atoms with E-state index in [1.165, 1.54) is 0 Å². The van der Waals surface area contributed by atoms with Crippen LogP contribution < -0.4 is 11.5 Å². The fourth-order valence-corrected chi connectivity index (χ4v) is 2.30. The number of rotatable bonds is 2. The normalized spacial score (nSPS) is 11.3. The number of hydrogen-bond donors (Lipinski definition) is 2. The lowest BCUT2D eigenvalue weighted by atomic mass is 10.0. The van der Waals surface area contributed by atoms with Crippen LogP contribution >= 0.6 is 0 Å². The van der Waals surface area contributed by atoms with Crippen molar-refractivity contribution >= 4 is 11.1 Å². The predicted molar refractivity (Wildman–Crippen MR) is 71.7 cm³/mol. The zero-order chi connectivity index (χ0) is 13.6. The highest BCUT2D eigenvalue weighted by Gasteiger charge is 2.14. The first-order valence-corrected chi connectivity index (χ1v) is 5.96. The molecule has 0 saturated carbocycles. The van der Waals surface area contributed by atoms with E-state index in [0.717, 1.165) is 22.5 Å². The lowest BCUT2D eigenvalue weighted by Gasteiger charge is -2.03. The molecule has 3 rings (SSSR count). The first-order chi connectivity index (χ1) is 9.10. The Morgan fingerprint density at radius 3 is 3.00 bits per heavy atom. The van der Waals surface area contributed by atoms with Crippen LogP contribution in [0.5, 0.6) is 0 Å². The third-order valence-electron chi connectivity index (χ3n) is 3.31. The molecule has 6 heteroatoms. The van der Waals surface area contributed by atoms with Gasteiger partial charge in [0.05, 0.1) is 11.2 Å². The Balaban J connectivity index is 2.26. The molecule has 2 heterocycles. The molecular weight excluding hydrogens is 244 g/mol. The highest BCUT2D eigenvalue weighted by molar-refractivity contribution is 5.81. The topological polar surface area (TPSA) is 89.8 Å². The Labute approximate surface area is 108 Å². The third kappa shape index (κ3) is 1.77. The molecule has 3 aromatic rings. The fourth-order valence-electron chi connectivity index (χ4n) is 2.30. The molecule has 0 aliphatic rings. The molecular formula is C13H14N4O2. The summed E-state index contributed by atoms with van der Waals surface area (Å²) in [6, 6.07) is 5.58. The number of fused-ring (bicyclic) bond motifs is 1. The monoisotopic (exact) mass is 258 g/mol. The van der Waals surface area contributed by atoms with Crippen molar-refractivity contribution < 1.29 is 4.42 Å². The molecule has 0 aliphatic carbocycles. The number of H-pyrrole nitrogens is 1. The van der Waals surface area contributed by atoms with Crippen molar-refractivity contribution in [1.29, 1.82) is 0 Å². The Morgan fingerprint density at radius 1 is 1.47 bits per heavy atom. The smallest absolute Gasteiger partial charge is 0.408 e. The van der Waals surface area contributed by atoms with Crippen LogP contribution in [0.4, 0.5) is 0 Å². The minimum Gasteiger partial charge on any atom is -0.408 e. The Morgan fingerprint density at radius 2 is 2.26 bits per heavy atom.